The summed E-state index contributed by atoms with van der Waals surface area (Å²) >= 11 is 6.55. The van der Waals surface area contributed by atoms with Gasteiger partial charge in [0.15, 0.2) is 0 Å². The fraction of sp³-hybridized carbons (Fsp3) is 0.333. The molecule has 2 unspecified atom stereocenters. The van der Waals surface area contributed by atoms with Crippen LogP contribution in [0.25, 0.3) is 0 Å². The molecule has 1 aromatic heterocycles. The smallest absolute Gasteiger partial charge is 0.259 e. The van der Waals surface area contributed by atoms with Crippen LogP contribution in [-0.4, -0.2) is 56.4 Å². The number of benzene rings is 2. The average molecular weight is 645 g/mol. The van der Waals surface area contributed by atoms with E-state index in [-0.39, 0.29) is 34.8 Å². The lowest BCUT2D eigenvalue weighted by Crippen LogP contribution is -2.62. The Hall–Kier alpha value is -4.61. The minimum atomic E-state index is -2.91. The first-order valence-electron chi connectivity index (χ1n) is 13.8. The Labute approximate surface area is 259 Å². The van der Waals surface area contributed by atoms with Crippen LogP contribution in [0.1, 0.15) is 49.3 Å². The number of carbonyl (C=O) groups excluding carboxylic acids is 3. The quantitative estimate of drug-likeness (QED) is 0.326. The lowest BCUT2D eigenvalue weighted by molar-refractivity contribution is -0.132. The molecule has 1 saturated heterocycles. The molecule has 15 heteroatoms. The summed E-state index contributed by atoms with van der Waals surface area (Å²) in [7, 11) is 0. The van der Waals surface area contributed by atoms with Crippen LogP contribution in [0.2, 0.25) is 5.02 Å². The number of amides is 3. The summed E-state index contributed by atoms with van der Waals surface area (Å²) in [6, 6.07) is 10.3. The van der Waals surface area contributed by atoms with E-state index < -0.39 is 84.1 Å². The molecule has 3 aromatic rings. The van der Waals surface area contributed by atoms with E-state index in [4.69, 9.17) is 11.6 Å². The van der Waals surface area contributed by atoms with Gasteiger partial charge in [0.2, 0.25) is 17.8 Å². The third kappa shape index (κ3) is 6.31. The number of hydrogen-bond donors (Lipinski definition) is 3. The molecule has 0 radical (unpaired) electrons. The van der Waals surface area contributed by atoms with Crippen LogP contribution in [0.3, 0.4) is 0 Å². The second-order valence-electron chi connectivity index (χ2n) is 10.9. The molecule has 2 fully saturated rings. The van der Waals surface area contributed by atoms with E-state index in [1.807, 2.05) is 0 Å². The molecule has 234 valence electrons. The van der Waals surface area contributed by atoms with Crippen LogP contribution < -0.4 is 15.5 Å². The minimum absolute atomic E-state index is 0.00159. The fourth-order valence-electron chi connectivity index (χ4n) is 5.85. The van der Waals surface area contributed by atoms with Crippen molar-refractivity contribution >= 4 is 41.0 Å². The van der Waals surface area contributed by atoms with Crippen molar-refractivity contribution in [3.05, 3.63) is 82.6 Å². The highest BCUT2D eigenvalue weighted by Crippen LogP contribution is 2.47. The first-order valence-corrected chi connectivity index (χ1v) is 14.2. The molecule has 0 bridgehead atoms. The third-order valence-corrected chi connectivity index (χ3v) is 8.24. The van der Waals surface area contributed by atoms with Gasteiger partial charge in [0.25, 0.3) is 11.8 Å². The van der Waals surface area contributed by atoms with Gasteiger partial charge in [0.05, 0.1) is 5.92 Å². The van der Waals surface area contributed by atoms with Gasteiger partial charge in [-0.05, 0) is 42.7 Å². The molecule has 3 atom stereocenters. The summed E-state index contributed by atoms with van der Waals surface area (Å²) in [6.07, 6.45) is -2.73. The Balaban J connectivity index is 1.71. The van der Waals surface area contributed by atoms with Crippen LogP contribution in [0.5, 0.6) is 0 Å². The Morgan fingerprint density at radius 2 is 1.78 bits per heavy atom. The van der Waals surface area contributed by atoms with Gasteiger partial charge in [-0.1, -0.05) is 29.8 Å². The summed E-state index contributed by atoms with van der Waals surface area (Å²) in [4.78, 5) is 51.2. The number of carbonyl (C=O) groups is 3. The number of hydrogen-bond acceptors (Lipinski definition) is 7. The first-order chi connectivity index (χ1) is 21.3. The maximum atomic E-state index is 14.5. The maximum absolute atomic E-state index is 14.5. The topological polar surface area (TPSA) is 148 Å². The Bertz CT molecular complexity index is 1670. The zero-order valence-corrected chi connectivity index (χ0v) is 24.1. The van der Waals surface area contributed by atoms with Crippen LogP contribution in [0.4, 0.5) is 29.2 Å². The summed E-state index contributed by atoms with van der Waals surface area (Å²) < 4.78 is 56.1. The fourth-order valence-corrected chi connectivity index (χ4v) is 6.09. The van der Waals surface area contributed by atoms with E-state index in [9.17, 15) is 42.3 Å². The van der Waals surface area contributed by atoms with Gasteiger partial charge >= 0.3 is 0 Å². The van der Waals surface area contributed by atoms with E-state index >= 15 is 0 Å². The number of rotatable bonds is 7. The predicted octanol–water partition coefficient (Wildman–Crippen LogP) is 4.23. The molecular weight excluding hydrogens is 620 g/mol. The molecule has 1 aliphatic carbocycles. The summed E-state index contributed by atoms with van der Waals surface area (Å²) in [5, 5.41) is 25.4. The largest absolute Gasteiger partial charge is 0.383 e. The number of halogens is 5. The number of aliphatic hydroxyl groups is 1. The molecule has 2 aromatic carbocycles. The van der Waals surface area contributed by atoms with Crippen molar-refractivity contribution in [3.63, 3.8) is 0 Å². The average Bonchev–Trinajstić information content (AvgIpc) is 3.25. The van der Waals surface area contributed by atoms with Crippen molar-refractivity contribution in [2.75, 3.05) is 10.2 Å². The van der Waals surface area contributed by atoms with Gasteiger partial charge in [-0.2, -0.15) is 5.26 Å². The zero-order chi connectivity index (χ0) is 32.5. The first kappa shape index (κ1) is 31.8. The van der Waals surface area contributed by atoms with Crippen molar-refractivity contribution < 1.29 is 37.1 Å². The number of aromatic nitrogens is 2. The van der Waals surface area contributed by atoms with E-state index in [0.29, 0.717) is 11.0 Å². The summed E-state index contributed by atoms with van der Waals surface area (Å²) in [6.45, 7) is 0. The predicted molar refractivity (Wildman–Crippen MR) is 152 cm³/mol. The van der Waals surface area contributed by atoms with Crippen LogP contribution in [0.15, 0.2) is 54.7 Å². The normalized spacial score (nSPS) is 22.0. The molecule has 45 heavy (non-hydrogen) atoms. The number of nitrogens with one attached hydrogen (secondary N) is 2. The number of aliphatic hydroxyl groups excluding tert-OH is 1. The van der Waals surface area contributed by atoms with Crippen molar-refractivity contribution in [1.29, 1.82) is 5.26 Å². The number of nitrogens with zero attached hydrogens (tertiary/aromatic N) is 4. The van der Waals surface area contributed by atoms with Crippen LogP contribution >= 0.6 is 11.6 Å². The number of alkyl halides is 2. The van der Waals surface area contributed by atoms with Crippen LogP contribution in [-0.2, 0) is 14.4 Å². The molecule has 1 aliphatic heterocycles. The molecule has 2 aliphatic rings. The molecule has 3 N–H and O–H groups in total. The summed E-state index contributed by atoms with van der Waals surface area (Å²) in [5.41, 5.74) is -3.08. The van der Waals surface area contributed by atoms with Crippen molar-refractivity contribution in [3.8, 4) is 6.07 Å². The van der Waals surface area contributed by atoms with Crippen molar-refractivity contribution in [1.82, 2.24) is 15.3 Å². The number of anilines is 2. The van der Waals surface area contributed by atoms with E-state index in [1.165, 1.54) is 30.3 Å². The second-order valence-corrected chi connectivity index (χ2v) is 11.3. The molecule has 2 heterocycles. The molecule has 3 amide bonds. The van der Waals surface area contributed by atoms with E-state index in [1.54, 1.807) is 6.07 Å². The molecular formula is C30H25ClF4N6O4. The van der Waals surface area contributed by atoms with Gasteiger partial charge in [0.1, 0.15) is 35.0 Å². The maximum Gasteiger partial charge on any atom is 0.259 e. The molecule has 10 nitrogen and oxygen atoms in total. The van der Waals surface area contributed by atoms with Gasteiger partial charge in [0, 0.05) is 48.3 Å². The third-order valence-electron chi connectivity index (χ3n) is 7.90. The van der Waals surface area contributed by atoms with Crippen molar-refractivity contribution in [2.24, 2.45) is 0 Å². The highest BCUT2D eigenvalue weighted by Gasteiger charge is 2.64. The Kier molecular flexibility index (Phi) is 8.77. The number of nitriles is 1. The molecule has 1 saturated carbocycles. The lowest BCUT2D eigenvalue weighted by Gasteiger charge is -2.42. The second kappa shape index (κ2) is 12.4. The molecule has 0 spiro atoms. The van der Waals surface area contributed by atoms with Gasteiger partial charge in [-0.15, -0.1) is 0 Å². The zero-order valence-electron chi connectivity index (χ0n) is 23.3. The monoisotopic (exact) mass is 644 g/mol. The highest BCUT2D eigenvalue weighted by atomic mass is 35.5. The van der Waals surface area contributed by atoms with Crippen molar-refractivity contribution in [2.45, 2.75) is 61.6 Å². The SMILES string of the molecule is N#Cc1ccnc(N2C(=O)C(O)CC2(C(=O)Nc2cc(F)cc(F)c2)[C@@H](C(=O)NC2CCC(F)(F)CC2)c2ccccc2Cl)n1. The van der Waals surface area contributed by atoms with E-state index in [2.05, 4.69) is 20.6 Å². The van der Waals surface area contributed by atoms with Gasteiger partial charge in [-0.3, -0.25) is 19.3 Å². The van der Waals surface area contributed by atoms with Gasteiger partial charge in [-0.25, -0.2) is 27.5 Å². The Morgan fingerprint density at radius 1 is 1.11 bits per heavy atom. The minimum Gasteiger partial charge on any atom is -0.383 e. The van der Waals surface area contributed by atoms with Gasteiger partial charge < -0.3 is 15.7 Å². The van der Waals surface area contributed by atoms with E-state index in [0.717, 1.165) is 18.3 Å². The Morgan fingerprint density at radius 3 is 2.42 bits per heavy atom. The lowest BCUT2D eigenvalue weighted by atomic mass is 9.74. The summed E-state index contributed by atoms with van der Waals surface area (Å²) in [5.74, 6) is -10.5. The highest BCUT2D eigenvalue weighted by molar-refractivity contribution is 6.32. The standard InChI is InChI=1S/C30H25ClF4N6O4/c31-22-4-2-1-3-21(22)24(25(43)38-18-5-8-29(34,35)9-6-18)30(27(45)39-20-12-16(32)11-17(33)13-20)14-23(42)26(44)41(30)28-37-10-7-19(15-36)40-28/h1-4,7,10-13,18,23-24,42H,5-6,8-9,14H2,(H,38,43)(H,39,45)/t23?,24-,30?/m1/s1. The van der Waals surface area contributed by atoms with Crippen LogP contribution in [0, 0.1) is 23.0 Å². The molecule has 5 rings (SSSR count).